The summed E-state index contributed by atoms with van der Waals surface area (Å²) in [6, 6.07) is 22.5. The molecule has 39 heavy (non-hydrogen) atoms. The molecule has 1 aromatic heterocycles. The Bertz CT molecular complexity index is 1700. The molecule has 4 heteroatoms. The highest BCUT2D eigenvalue weighted by atomic mass is 16.4. The van der Waals surface area contributed by atoms with Crippen LogP contribution in [0.3, 0.4) is 0 Å². The van der Waals surface area contributed by atoms with Gasteiger partial charge in [0.1, 0.15) is 11.7 Å². The van der Waals surface area contributed by atoms with Crippen molar-refractivity contribution in [1.82, 2.24) is 4.90 Å². The van der Waals surface area contributed by atoms with Crippen molar-refractivity contribution in [2.75, 3.05) is 10.2 Å². The van der Waals surface area contributed by atoms with Crippen LogP contribution in [0.2, 0.25) is 0 Å². The topological polar surface area (TPSA) is 31.7 Å². The molecule has 4 aromatic rings. The zero-order valence-corrected chi connectivity index (χ0v) is 22.7. The summed E-state index contributed by atoms with van der Waals surface area (Å²) < 4.78 is 6.77. The highest BCUT2D eigenvalue weighted by Crippen LogP contribution is 2.55. The molecular formula is C35H33N3O. The Hall–Kier alpha value is -4.18. The number of hydrogen-bond donors (Lipinski definition) is 1. The van der Waals surface area contributed by atoms with Gasteiger partial charge >= 0.3 is 0 Å². The fraction of sp³-hybridized carbons (Fsp3) is 0.257. The number of benzene rings is 3. The second kappa shape index (κ2) is 8.41. The molecule has 4 aliphatic rings. The molecule has 3 aliphatic heterocycles. The first-order valence-electron chi connectivity index (χ1n) is 14.3. The van der Waals surface area contributed by atoms with E-state index in [9.17, 15) is 0 Å². The smallest absolute Gasteiger partial charge is 0.201 e. The molecule has 2 atom stereocenters. The van der Waals surface area contributed by atoms with Gasteiger partial charge in [-0.2, -0.15) is 0 Å². The minimum atomic E-state index is 0.0908. The van der Waals surface area contributed by atoms with Gasteiger partial charge in [-0.15, -0.1) is 0 Å². The second-order valence-electron chi connectivity index (χ2n) is 11.6. The Morgan fingerprint density at radius 3 is 2.56 bits per heavy atom. The number of hydrogen-bond acceptors (Lipinski definition) is 4. The lowest BCUT2D eigenvalue weighted by Crippen LogP contribution is -2.27. The zero-order valence-electron chi connectivity index (χ0n) is 22.7. The Balaban J connectivity index is 1.31. The lowest BCUT2D eigenvalue weighted by molar-refractivity contribution is 0.299. The minimum absolute atomic E-state index is 0.0908. The molecule has 4 nitrogen and oxygen atoms in total. The van der Waals surface area contributed by atoms with E-state index in [1.165, 1.54) is 55.8 Å². The van der Waals surface area contributed by atoms with Crippen LogP contribution < -0.4 is 10.2 Å². The SMILES string of the molecule is CC1C=Cc2c(oc3c4c(cc(C(C)C)c23)CN2C3=C(C=CCC3)N(c3ccc(-c5ccccc5)cc3)C42)N1. The average Bonchev–Trinajstić information content (AvgIpc) is 3.61. The highest BCUT2D eigenvalue weighted by Gasteiger charge is 2.46. The second-order valence-corrected chi connectivity index (χ2v) is 11.6. The Morgan fingerprint density at radius 1 is 0.974 bits per heavy atom. The van der Waals surface area contributed by atoms with Crippen LogP contribution in [0.25, 0.3) is 28.2 Å². The van der Waals surface area contributed by atoms with E-state index < -0.39 is 0 Å². The van der Waals surface area contributed by atoms with Gasteiger partial charge in [-0.1, -0.05) is 80.6 Å². The number of allylic oxidation sites excluding steroid dienone is 3. The molecule has 0 amide bonds. The molecule has 0 saturated heterocycles. The van der Waals surface area contributed by atoms with E-state index in [1.54, 1.807) is 0 Å². The van der Waals surface area contributed by atoms with Crippen molar-refractivity contribution in [3.05, 3.63) is 113 Å². The predicted molar refractivity (Wildman–Crippen MR) is 160 cm³/mol. The van der Waals surface area contributed by atoms with Crippen LogP contribution in [0.4, 0.5) is 11.6 Å². The third kappa shape index (κ3) is 3.30. The maximum Gasteiger partial charge on any atom is 0.201 e. The molecule has 0 saturated carbocycles. The van der Waals surface area contributed by atoms with Crippen molar-refractivity contribution in [3.8, 4) is 11.1 Å². The van der Waals surface area contributed by atoms with Gasteiger partial charge in [0.15, 0.2) is 0 Å². The van der Waals surface area contributed by atoms with E-state index in [1.807, 2.05) is 0 Å². The fourth-order valence-electron chi connectivity index (χ4n) is 6.98. The normalized spacial score (nSPS) is 20.9. The molecule has 1 aliphatic carbocycles. The predicted octanol–water partition coefficient (Wildman–Crippen LogP) is 8.95. The average molecular weight is 512 g/mol. The first-order chi connectivity index (χ1) is 19.1. The van der Waals surface area contributed by atoms with Crippen molar-refractivity contribution < 1.29 is 4.42 Å². The van der Waals surface area contributed by atoms with Gasteiger partial charge in [-0.3, -0.25) is 0 Å². The number of anilines is 2. The summed E-state index contributed by atoms with van der Waals surface area (Å²) in [7, 11) is 0. The van der Waals surface area contributed by atoms with Crippen LogP contribution in [-0.4, -0.2) is 10.9 Å². The molecular weight excluding hydrogens is 478 g/mol. The van der Waals surface area contributed by atoms with Crippen LogP contribution in [-0.2, 0) is 6.54 Å². The maximum atomic E-state index is 6.77. The van der Waals surface area contributed by atoms with E-state index in [0.29, 0.717) is 5.92 Å². The van der Waals surface area contributed by atoms with Crippen molar-refractivity contribution in [2.45, 2.75) is 58.3 Å². The summed E-state index contributed by atoms with van der Waals surface area (Å²) in [5, 5.41) is 4.85. The first kappa shape index (κ1) is 22.8. The summed E-state index contributed by atoms with van der Waals surface area (Å²) >= 11 is 0. The van der Waals surface area contributed by atoms with Gasteiger partial charge in [0, 0.05) is 40.5 Å². The molecule has 0 bridgehead atoms. The van der Waals surface area contributed by atoms with E-state index in [-0.39, 0.29) is 12.2 Å². The van der Waals surface area contributed by atoms with Crippen molar-refractivity contribution in [2.24, 2.45) is 0 Å². The summed E-state index contributed by atoms with van der Waals surface area (Å²) in [6.45, 7) is 7.69. The van der Waals surface area contributed by atoms with Crippen molar-refractivity contribution >= 4 is 28.6 Å². The van der Waals surface area contributed by atoms with Crippen molar-refractivity contribution in [1.29, 1.82) is 0 Å². The number of rotatable bonds is 3. The summed E-state index contributed by atoms with van der Waals surface area (Å²) in [5.41, 5.74) is 12.8. The van der Waals surface area contributed by atoms with Crippen molar-refractivity contribution in [3.63, 3.8) is 0 Å². The highest BCUT2D eigenvalue weighted by molar-refractivity contribution is 5.99. The van der Waals surface area contributed by atoms with E-state index in [0.717, 1.165) is 30.9 Å². The molecule has 0 spiro atoms. The monoisotopic (exact) mass is 511 g/mol. The van der Waals surface area contributed by atoms with E-state index >= 15 is 0 Å². The zero-order chi connectivity index (χ0) is 26.2. The van der Waals surface area contributed by atoms with Crippen LogP contribution >= 0.6 is 0 Å². The Morgan fingerprint density at radius 2 is 1.77 bits per heavy atom. The van der Waals surface area contributed by atoms with E-state index in [4.69, 9.17) is 4.42 Å². The quantitative estimate of drug-likeness (QED) is 0.297. The molecule has 0 fully saturated rings. The van der Waals surface area contributed by atoms with Gasteiger partial charge in [0.2, 0.25) is 5.88 Å². The molecule has 4 heterocycles. The lowest BCUT2D eigenvalue weighted by atomic mass is 9.91. The maximum absolute atomic E-state index is 6.77. The molecule has 2 unspecified atom stereocenters. The van der Waals surface area contributed by atoms with Crippen LogP contribution in [0, 0.1) is 0 Å². The van der Waals surface area contributed by atoms with Gasteiger partial charge < -0.3 is 19.5 Å². The standard InChI is InChI=1S/C35H33N3O/c1-21(2)28-19-25-20-37-29-11-7-8-12-30(29)38(26-16-14-24(15-17-26)23-9-5-4-6-10-23)35(37)31(25)33-32(28)27-18-13-22(3)36-34(27)39-33/h4-6,8-10,12-19,21-22,35-36H,7,11,20H2,1-3H3. The van der Waals surface area contributed by atoms with Gasteiger partial charge in [0.05, 0.1) is 5.70 Å². The minimum Gasteiger partial charge on any atom is -0.440 e. The molecule has 3 aromatic carbocycles. The number of furan rings is 1. The van der Waals surface area contributed by atoms with Gasteiger partial charge in [0.25, 0.3) is 0 Å². The van der Waals surface area contributed by atoms with Crippen LogP contribution in [0.15, 0.2) is 94.7 Å². The largest absolute Gasteiger partial charge is 0.440 e. The summed E-state index contributed by atoms with van der Waals surface area (Å²) in [5.74, 6) is 1.32. The number of fused-ring (bicyclic) bond motifs is 8. The third-order valence-electron chi connectivity index (χ3n) is 8.80. The van der Waals surface area contributed by atoms with Crippen LogP contribution in [0.1, 0.15) is 68.0 Å². The molecule has 194 valence electrons. The Labute approximate surface area is 229 Å². The Kier molecular flexibility index (Phi) is 4.91. The first-order valence-corrected chi connectivity index (χ1v) is 14.3. The van der Waals surface area contributed by atoms with Gasteiger partial charge in [-0.25, -0.2) is 0 Å². The molecule has 1 N–H and O–H groups in total. The van der Waals surface area contributed by atoms with Crippen LogP contribution in [0.5, 0.6) is 0 Å². The van der Waals surface area contributed by atoms with E-state index in [2.05, 4.69) is 121 Å². The molecule has 0 radical (unpaired) electrons. The molecule has 8 rings (SSSR count). The number of nitrogens with zero attached hydrogens (tertiary/aromatic N) is 2. The third-order valence-corrected chi connectivity index (χ3v) is 8.80. The fourth-order valence-corrected chi connectivity index (χ4v) is 6.98. The lowest BCUT2D eigenvalue weighted by Gasteiger charge is -2.30. The summed E-state index contributed by atoms with van der Waals surface area (Å²) in [4.78, 5) is 5.18. The van der Waals surface area contributed by atoms with Gasteiger partial charge in [-0.05, 0) is 66.1 Å². The summed E-state index contributed by atoms with van der Waals surface area (Å²) in [6.07, 6.45) is 11.4. The number of nitrogens with one attached hydrogen (secondary N) is 1.